The van der Waals surface area contributed by atoms with E-state index in [4.69, 9.17) is 4.74 Å². The Labute approximate surface area is 162 Å². The van der Waals surface area contributed by atoms with E-state index in [1.165, 1.54) is 0 Å². The summed E-state index contributed by atoms with van der Waals surface area (Å²) in [5, 5.41) is 3.42. The zero-order valence-corrected chi connectivity index (χ0v) is 15.3. The van der Waals surface area contributed by atoms with Crippen molar-refractivity contribution in [3.8, 4) is 11.5 Å². The lowest BCUT2D eigenvalue weighted by Gasteiger charge is -2.08. The number of nitrogens with one attached hydrogen (secondary N) is 1. The lowest BCUT2D eigenvalue weighted by molar-refractivity contribution is -0.112. The largest absolute Gasteiger partial charge is 0.457 e. The first-order valence-corrected chi connectivity index (χ1v) is 8.84. The number of nitrogens with zero attached hydrogens (tertiary/aromatic N) is 1. The van der Waals surface area contributed by atoms with Gasteiger partial charge < -0.3 is 14.6 Å². The van der Waals surface area contributed by atoms with E-state index in [1.54, 1.807) is 30.5 Å². The van der Waals surface area contributed by atoms with Crippen LogP contribution in [0.15, 0.2) is 85.1 Å². The highest BCUT2D eigenvalue weighted by Gasteiger charge is 2.21. The fraction of sp³-hybridized carbons (Fsp3) is 0.0435. The Morgan fingerprint density at radius 3 is 2.39 bits per heavy atom. The first-order chi connectivity index (χ1) is 13.6. The Morgan fingerprint density at radius 2 is 1.57 bits per heavy atom. The third kappa shape index (κ3) is 3.50. The van der Waals surface area contributed by atoms with Crippen molar-refractivity contribution in [3.05, 3.63) is 90.6 Å². The molecule has 0 aliphatic heterocycles. The molecule has 0 bridgehead atoms. The highest BCUT2D eigenvalue weighted by molar-refractivity contribution is 6.48. The molecule has 0 fully saturated rings. The highest BCUT2D eigenvalue weighted by Crippen LogP contribution is 2.25. The number of rotatable bonds is 5. The number of aryl methyl sites for hydroxylation is 1. The van der Waals surface area contributed by atoms with E-state index in [1.807, 2.05) is 66.2 Å². The van der Waals surface area contributed by atoms with E-state index in [9.17, 15) is 9.59 Å². The number of aromatic nitrogens is 1. The minimum atomic E-state index is -0.687. The standard InChI is InChI=1S/C23H18N2O3/c1-25-15-20(19-12-5-6-13-21(19)25)22(26)23(27)24-16-8-7-11-18(14-16)28-17-9-3-2-4-10-17/h2-15H,1H3,(H,24,27). The molecule has 0 atom stereocenters. The van der Waals surface area contributed by atoms with Crippen LogP contribution in [0.1, 0.15) is 10.4 Å². The van der Waals surface area contributed by atoms with Gasteiger partial charge in [-0.2, -0.15) is 0 Å². The molecule has 5 heteroatoms. The topological polar surface area (TPSA) is 60.3 Å². The van der Waals surface area contributed by atoms with Gasteiger partial charge in [0.2, 0.25) is 0 Å². The second-order valence-corrected chi connectivity index (χ2v) is 6.40. The first-order valence-electron chi connectivity index (χ1n) is 8.84. The van der Waals surface area contributed by atoms with Crippen LogP contribution in [-0.4, -0.2) is 16.3 Å². The second-order valence-electron chi connectivity index (χ2n) is 6.40. The fourth-order valence-electron chi connectivity index (χ4n) is 3.09. The van der Waals surface area contributed by atoms with Gasteiger partial charge in [0.05, 0.1) is 5.56 Å². The molecule has 0 aliphatic carbocycles. The van der Waals surface area contributed by atoms with Crippen molar-refractivity contribution in [2.75, 3.05) is 5.32 Å². The predicted molar refractivity (Wildman–Crippen MR) is 109 cm³/mol. The Balaban J connectivity index is 1.53. The maximum atomic E-state index is 12.7. The Morgan fingerprint density at radius 1 is 0.857 bits per heavy atom. The monoisotopic (exact) mass is 370 g/mol. The average molecular weight is 370 g/mol. The van der Waals surface area contributed by atoms with Gasteiger partial charge in [-0.3, -0.25) is 9.59 Å². The molecule has 1 amide bonds. The van der Waals surface area contributed by atoms with Gasteiger partial charge >= 0.3 is 0 Å². The van der Waals surface area contributed by atoms with E-state index in [0.29, 0.717) is 22.7 Å². The summed E-state index contributed by atoms with van der Waals surface area (Å²) in [6.45, 7) is 0. The molecule has 5 nitrogen and oxygen atoms in total. The highest BCUT2D eigenvalue weighted by atomic mass is 16.5. The number of fused-ring (bicyclic) bond motifs is 1. The van der Waals surface area contributed by atoms with E-state index >= 15 is 0 Å². The fourth-order valence-corrected chi connectivity index (χ4v) is 3.09. The van der Waals surface area contributed by atoms with Gasteiger partial charge in [-0.05, 0) is 30.3 Å². The Hall–Kier alpha value is -3.86. The molecule has 0 saturated heterocycles. The molecular formula is C23H18N2O3. The third-order valence-electron chi connectivity index (χ3n) is 4.42. The summed E-state index contributed by atoms with van der Waals surface area (Å²) in [5.74, 6) is -0.00110. The maximum absolute atomic E-state index is 12.7. The summed E-state index contributed by atoms with van der Waals surface area (Å²) < 4.78 is 7.60. The van der Waals surface area contributed by atoms with Crippen LogP contribution in [0.5, 0.6) is 11.5 Å². The van der Waals surface area contributed by atoms with Crippen molar-refractivity contribution < 1.29 is 14.3 Å². The zero-order valence-electron chi connectivity index (χ0n) is 15.3. The van der Waals surface area contributed by atoms with Crippen LogP contribution in [-0.2, 0) is 11.8 Å². The van der Waals surface area contributed by atoms with E-state index in [2.05, 4.69) is 5.32 Å². The number of hydrogen-bond acceptors (Lipinski definition) is 3. The molecule has 1 aromatic heterocycles. The Kier molecular flexibility index (Phi) is 4.64. The number of benzene rings is 3. The summed E-state index contributed by atoms with van der Waals surface area (Å²) in [6, 6.07) is 23.8. The van der Waals surface area contributed by atoms with Crippen molar-refractivity contribution in [3.63, 3.8) is 0 Å². The summed E-state index contributed by atoms with van der Waals surface area (Å²) in [6.07, 6.45) is 1.68. The van der Waals surface area contributed by atoms with E-state index < -0.39 is 11.7 Å². The number of ketones is 1. The number of para-hydroxylation sites is 2. The predicted octanol–water partition coefficient (Wildman–Crippen LogP) is 4.79. The molecule has 0 saturated carbocycles. The van der Waals surface area contributed by atoms with Crippen LogP contribution in [0.3, 0.4) is 0 Å². The van der Waals surface area contributed by atoms with Crippen molar-refractivity contribution >= 4 is 28.3 Å². The maximum Gasteiger partial charge on any atom is 0.296 e. The number of Topliss-reactive ketones (excluding diaryl/α,β-unsaturated/α-hetero) is 1. The molecule has 0 spiro atoms. The Bertz CT molecular complexity index is 1160. The normalized spacial score (nSPS) is 10.6. The first kappa shape index (κ1) is 17.5. The molecule has 138 valence electrons. The zero-order chi connectivity index (χ0) is 19.5. The summed E-state index contributed by atoms with van der Waals surface area (Å²) in [7, 11) is 1.85. The molecule has 0 radical (unpaired) electrons. The third-order valence-corrected chi connectivity index (χ3v) is 4.42. The molecule has 0 unspecified atom stereocenters. The number of ether oxygens (including phenoxy) is 1. The van der Waals surface area contributed by atoms with Crippen LogP contribution < -0.4 is 10.1 Å². The van der Waals surface area contributed by atoms with Gasteiger partial charge in [-0.15, -0.1) is 0 Å². The smallest absolute Gasteiger partial charge is 0.296 e. The minimum absolute atomic E-state index is 0.382. The van der Waals surface area contributed by atoms with Crippen molar-refractivity contribution in [1.82, 2.24) is 4.57 Å². The summed E-state index contributed by atoms with van der Waals surface area (Å²) in [4.78, 5) is 25.2. The van der Waals surface area contributed by atoms with Crippen molar-refractivity contribution in [2.45, 2.75) is 0 Å². The number of anilines is 1. The minimum Gasteiger partial charge on any atom is -0.457 e. The average Bonchev–Trinajstić information content (AvgIpc) is 3.05. The van der Waals surface area contributed by atoms with Crippen LogP contribution in [0.4, 0.5) is 5.69 Å². The SMILES string of the molecule is Cn1cc(C(=O)C(=O)Nc2cccc(Oc3ccccc3)c2)c2ccccc21. The lowest BCUT2D eigenvalue weighted by atomic mass is 10.1. The van der Waals surface area contributed by atoms with Gasteiger partial charge in [-0.25, -0.2) is 0 Å². The quantitative estimate of drug-likeness (QED) is 0.406. The molecule has 1 heterocycles. The van der Waals surface area contributed by atoms with Crippen LogP contribution in [0.2, 0.25) is 0 Å². The van der Waals surface area contributed by atoms with Gasteiger partial charge in [0, 0.05) is 35.9 Å². The number of carbonyl (C=O) groups excluding carboxylic acids is 2. The molecule has 4 rings (SSSR count). The molecule has 1 N–H and O–H groups in total. The molecule has 28 heavy (non-hydrogen) atoms. The summed E-state index contributed by atoms with van der Waals surface area (Å²) in [5.41, 5.74) is 1.77. The van der Waals surface area contributed by atoms with E-state index in [-0.39, 0.29) is 0 Å². The lowest BCUT2D eigenvalue weighted by Crippen LogP contribution is -2.22. The number of carbonyl (C=O) groups is 2. The number of hydrogen-bond donors (Lipinski definition) is 1. The molecular weight excluding hydrogens is 352 g/mol. The summed E-state index contributed by atoms with van der Waals surface area (Å²) >= 11 is 0. The number of amides is 1. The molecule has 3 aromatic carbocycles. The second kappa shape index (κ2) is 7.40. The van der Waals surface area contributed by atoms with Gasteiger partial charge in [-0.1, -0.05) is 42.5 Å². The van der Waals surface area contributed by atoms with Crippen LogP contribution in [0.25, 0.3) is 10.9 Å². The van der Waals surface area contributed by atoms with Gasteiger partial charge in [0.1, 0.15) is 11.5 Å². The van der Waals surface area contributed by atoms with Crippen molar-refractivity contribution in [1.29, 1.82) is 0 Å². The van der Waals surface area contributed by atoms with Crippen LogP contribution in [0, 0.1) is 0 Å². The van der Waals surface area contributed by atoms with Gasteiger partial charge in [0.25, 0.3) is 11.7 Å². The van der Waals surface area contributed by atoms with E-state index in [0.717, 1.165) is 10.9 Å². The van der Waals surface area contributed by atoms with Crippen molar-refractivity contribution in [2.24, 2.45) is 7.05 Å². The molecule has 0 aliphatic rings. The van der Waals surface area contributed by atoms with Gasteiger partial charge in [0.15, 0.2) is 0 Å². The molecule has 4 aromatic rings. The van der Waals surface area contributed by atoms with Crippen LogP contribution >= 0.6 is 0 Å².